The zero-order valence-electron chi connectivity index (χ0n) is 14.6. The lowest BCUT2D eigenvalue weighted by atomic mass is 9.68. The van der Waals surface area contributed by atoms with Gasteiger partial charge in [0.2, 0.25) is 0 Å². The minimum Gasteiger partial charge on any atom is -0.356 e. The summed E-state index contributed by atoms with van der Waals surface area (Å²) in [5, 5.41) is 8.04. The molecule has 2 aliphatic rings. The summed E-state index contributed by atoms with van der Waals surface area (Å²) in [5.41, 5.74) is 2.97. The van der Waals surface area contributed by atoms with Gasteiger partial charge in [-0.05, 0) is 51.0 Å². The molecule has 23 heavy (non-hydrogen) atoms. The molecular formula is C17H30IN5. The molecule has 2 heterocycles. The molecule has 1 aromatic heterocycles. The van der Waals surface area contributed by atoms with Crippen LogP contribution in [-0.2, 0) is 6.54 Å². The summed E-state index contributed by atoms with van der Waals surface area (Å²) >= 11 is 0. The molecule has 1 N–H and O–H groups in total. The molecule has 1 aromatic rings. The van der Waals surface area contributed by atoms with E-state index in [4.69, 9.17) is 0 Å². The predicted octanol–water partition coefficient (Wildman–Crippen LogP) is 2.96. The van der Waals surface area contributed by atoms with Crippen molar-refractivity contribution in [3.05, 3.63) is 17.5 Å². The molecule has 3 rings (SSSR count). The maximum absolute atomic E-state index is 4.51. The Hall–Kier alpha value is -0.790. The summed E-state index contributed by atoms with van der Waals surface area (Å²) in [5.74, 6) is 1.08. The average molecular weight is 431 g/mol. The van der Waals surface area contributed by atoms with Crippen molar-refractivity contribution in [1.29, 1.82) is 0 Å². The van der Waals surface area contributed by atoms with Gasteiger partial charge in [0.25, 0.3) is 0 Å². The Kier molecular flexibility index (Phi) is 6.33. The second-order valence-corrected chi connectivity index (χ2v) is 7.00. The summed E-state index contributed by atoms with van der Waals surface area (Å²) in [7, 11) is 1.90. The number of aryl methyl sites for hydroxylation is 3. The quantitative estimate of drug-likeness (QED) is 0.345. The van der Waals surface area contributed by atoms with Crippen LogP contribution in [0.15, 0.2) is 11.1 Å². The van der Waals surface area contributed by atoms with Gasteiger partial charge in [0, 0.05) is 38.9 Å². The Morgan fingerprint density at radius 3 is 2.65 bits per heavy atom. The molecule has 0 atom stereocenters. The van der Waals surface area contributed by atoms with Crippen molar-refractivity contribution in [1.82, 2.24) is 20.0 Å². The smallest absolute Gasteiger partial charge is 0.193 e. The van der Waals surface area contributed by atoms with Gasteiger partial charge >= 0.3 is 0 Å². The van der Waals surface area contributed by atoms with E-state index in [-0.39, 0.29) is 24.0 Å². The highest BCUT2D eigenvalue weighted by atomic mass is 127. The number of halogens is 1. The molecule has 0 bridgehead atoms. The molecule has 2 fully saturated rings. The van der Waals surface area contributed by atoms with E-state index in [0.717, 1.165) is 37.7 Å². The molecule has 1 aliphatic carbocycles. The maximum Gasteiger partial charge on any atom is 0.193 e. The zero-order chi connectivity index (χ0) is 15.6. The topological polar surface area (TPSA) is 45.5 Å². The Morgan fingerprint density at radius 2 is 2.13 bits per heavy atom. The van der Waals surface area contributed by atoms with Gasteiger partial charge < -0.3 is 10.2 Å². The van der Waals surface area contributed by atoms with E-state index in [1.165, 1.54) is 37.9 Å². The first kappa shape index (κ1) is 18.5. The van der Waals surface area contributed by atoms with Gasteiger partial charge in [0.15, 0.2) is 5.96 Å². The predicted molar refractivity (Wildman–Crippen MR) is 106 cm³/mol. The molecule has 1 saturated heterocycles. The third kappa shape index (κ3) is 4.19. The first-order valence-corrected chi connectivity index (χ1v) is 8.59. The monoisotopic (exact) mass is 431 g/mol. The lowest BCUT2D eigenvalue weighted by molar-refractivity contribution is 0.151. The number of likely N-dealkylation sites (tertiary alicyclic amines) is 1. The van der Waals surface area contributed by atoms with Crippen LogP contribution < -0.4 is 5.32 Å². The van der Waals surface area contributed by atoms with Crippen LogP contribution in [0.4, 0.5) is 0 Å². The number of guanidine groups is 1. The van der Waals surface area contributed by atoms with E-state index < -0.39 is 0 Å². The van der Waals surface area contributed by atoms with Crippen LogP contribution in [-0.4, -0.2) is 47.3 Å². The molecule has 1 saturated carbocycles. The van der Waals surface area contributed by atoms with Gasteiger partial charge in [-0.3, -0.25) is 9.67 Å². The van der Waals surface area contributed by atoms with Crippen molar-refractivity contribution < 1.29 is 0 Å². The van der Waals surface area contributed by atoms with Crippen molar-refractivity contribution in [3.63, 3.8) is 0 Å². The van der Waals surface area contributed by atoms with Gasteiger partial charge in [-0.2, -0.15) is 5.10 Å². The molecule has 130 valence electrons. The highest BCUT2D eigenvalue weighted by Crippen LogP contribution is 2.47. The van der Waals surface area contributed by atoms with E-state index >= 15 is 0 Å². The highest BCUT2D eigenvalue weighted by molar-refractivity contribution is 14.0. The van der Waals surface area contributed by atoms with Crippen LogP contribution in [0.25, 0.3) is 0 Å². The van der Waals surface area contributed by atoms with Crippen LogP contribution in [0, 0.1) is 19.3 Å². The Bertz CT molecular complexity index is 547. The van der Waals surface area contributed by atoms with Crippen LogP contribution in [0.2, 0.25) is 0 Å². The molecule has 0 amide bonds. The van der Waals surface area contributed by atoms with E-state index in [1.807, 2.05) is 14.0 Å². The fourth-order valence-electron chi connectivity index (χ4n) is 3.86. The first-order chi connectivity index (χ1) is 10.6. The van der Waals surface area contributed by atoms with Gasteiger partial charge in [0.1, 0.15) is 0 Å². The SMILES string of the molecule is CN=C(NCCCn1nc(C)cc1C)N1CCC2(CCC2)C1.I. The standard InChI is InChI=1S/C17H29N5.HI/c1-14-12-15(2)22(20-14)10-5-9-19-16(18-3)21-11-8-17(13-21)6-4-7-17;/h12H,4-11,13H2,1-3H3,(H,18,19);1H. The molecule has 0 aromatic carbocycles. The fourth-order valence-corrected chi connectivity index (χ4v) is 3.86. The van der Waals surface area contributed by atoms with Crippen molar-refractivity contribution in [2.75, 3.05) is 26.7 Å². The third-order valence-corrected chi connectivity index (χ3v) is 5.30. The number of aliphatic imine (C=N–C) groups is 1. The van der Waals surface area contributed by atoms with Gasteiger partial charge in [-0.15, -0.1) is 24.0 Å². The molecule has 1 aliphatic heterocycles. The van der Waals surface area contributed by atoms with Gasteiger partial charge in [-0.1, -0.05) is 6.42 Å². The number of hydrogen-bond acceptors (Lipinski definition) is 2. The number of aromatic nitrogens is 2. The van der Waals surface area contributed by atoms with Crippen molar-refractivity contribution in [2.24, 2.45) is 10.4 Å². The second kappa shape index (κ2) is 7.85. The van der Waals surface area contributed by atoms with Crippen molar-refractivity contribution in [3.8, 4) is 0 Å². The summed E-state index contributed by atoms with van der Waals surface area (Å²) in [6.45, 7) is 8.45. The van der Waals surface area contributed by atoms with E-state index in [1.54, 1.807) is 0 Å². The van der Waals surface area contributed by atoms with Gasteiger partial charge in [0.05, 0.1) is 5.69 Å². The molecule has 1 spiro atoms. The first-order valence-electron chi connectivity index (χ1n) is 8.59. The number of hydrogen-bond donors (Lipinski definition) is 1. The highest BCUT2D eigenvalue weighted by Gasteiger charge is 2.43. The lowest BCUT2D eigenvalue weighted by Crippen LogP contribution is -2.43. The Morgan fingerprint density at radius 1 is 1.35 bits per heavy atom. The Balaban J connectivity index is 0.00000192. The van der Waals surface area contributed by atoms with Crippen LogP contribution in [0.1, 0.15) is 43.5 Å². The van der Waals surface area contributed by atoms with Crippen LogP contribution in [0.3, 0.4) is 0 Å². The molecule has 5 nitrogen and oxygen atoms in total. The summed E-state index contributed by atoms with van der Waals surface area (Å²) in [4.78, 5) is 6.92. The average Bonchev–Trinajstić information content (AvgIpc) is 3.03. The lowest BCUT2D eigenvalue weighted by Gasteiger charge is -2.38. The number of nitrogens with one attached hydrogen (secondary N) is 1. The van der Waals surface area contributed by atoms with E-state index in [2.05, 4.69) is 38.0 Å². The summed E-state index contributed by atoms with van der Waals surface area (Å²) in [6, 6.07) is 2.13. The summed E-state index contributed by atoms with van der Waals surface area (Å²) < 4.78 is 2.10. The number of nitrogens with zero attached hydrogens (tertiary/aromatic N) is 4. The minimum absolute atomic E-state index is 0. The van der Waals surface area contributed by atoms with Crippen molar-refractivity contribution >= 4 is 29.9 Å². The largest absolute Gasteiger partial charge is 0.356 e. The van der Waals surface area contributed by atoms with E-state index in [9.17, 15) is 0 Å². The van der Waals surface area contributed by atoms with Crippen LogP contribution >= 0.6 is 24.0 Å². The van der Waals surface area contributed by atoms with Crippen molar-refractivity contribution in [2.45, 2.75) is 52.5 Å². The number of rotatable bonds is 4. The second-order valence-electron chi connectivity index (χ2n) is 7.00. The molecular weight excluding hydrogens is 401 g/mol. The molecule has 6 heteroatoms. The fraction of sp³-hybridized carbons (Fsp3) is 0.765. The molecule has 0 radical (unpaired) electrons. The van der Waals surface area contributed by atoms with E-state index in [0.29, 0.717) is 5.41 Å². The summed E-state index contributed by atoms with van der Waals surface area (Å²) in [6.07, 6.45) is 6.67. The Labute approximate surface area is 156 Å². The van der Waals surface area contributed by atoms with Gasteiger partial charge in [-0.25, -0.2) is 0 Å². The normalized spacial score (nSPS) is 19.6. The zero-order valence-corrected chi connectivity index (χ0v) is 17.0. The van der Waals surface area contributed by atoms with Crippen LogP contribution in [0.5, 0.6) is 0 Å². The maximum atomic E-state index is 4.51. The minimum atomic E-state index is 0. The molecule has 0 unspecified atom stereocenters. The third-order valence-electron chi connectivity index (χ3n) is 5.30.